The monoisotopic (exact) mass is 545 g/mol. The molecular formula is C31H35N3O6. The lowest BCUT2D eigenvalue weighted by atomic mass is 9.98. The number of carboxylic acids is 1. The van der Waals surface area contributed by atoms with Gasteiger partial charge >= 0.3 is 12.1 Å². The Morgan fingerprint density at radius 3 is 2.05 bits per heavy atom. The van der Waals surface area contributed by atoms with Gasteiger partial charge in [-0.05, 0) is 41.8 Å². The van der Waals surface area contributed by atoms with Crippen LogP contribution in [0.3, 0.4) is 0 Å². The Bertz CT molecular complexity index is 1290. The minimum Gasteiger partial charge on any atom is -0.480 e. The molecule has 0 aliphatic heterocycles. The van der Waals surface area contributed by atoms with Crippen molar-refractivity contribution in [1.29, 1.82) is 0 Å². The Hall–Kier alpha value is -4.21. The predicted octanol–water partition coefficient (Wildman–Crippen LogP) is 3.63. The molecule has 9 nitrogen and oxygen atoms in total. The molecule has 2 amide bonds. The van der Waals surface area contributed by atoms with Crippen LogP contribution in [-0.2, 0) is 25.6 Å². The van der Waals surface area contributed by atoms with Crippen LogP contribution < -0.4 is 10.6 Å². The number of carbonyl (C=O) groups excluding carboxylic acids is 2. The predicted molar refractivity (Wildman–Crippen MR) is 151 cm³/mol. The number of nitrogens with zero attached hydrogens (tertiary/aromatic N) is 1. The molecule has 0 radical (unpaired) electrons. The molecular weight excluding hydrogens is 510 g/mol. The molecule has 0 heterocycles. The maximum Gasteiger partial charge on any atom is 0.407 e. The summed E-state index contributed by atoms with van der Waals surface area (Å²) in [5.41, 5.74) is 5.37. The second kappa shape index (κ2) is 13.2. The highest BCUT2D eigenvalue weighted by molar-refractivity contribution is 5.90. The summed E-state index contributed by atoms with van der Waals surface area (Å²) in [6.45, 7) is 2.27. The largest absolute Gasteiger partial charge is 0.480 e. The second-order valence-corrected chi connectivity index (χ2v) is 9.97. The van der Waals surface area contributed by atoms with E-state index >= 15 is 0 Å². The van der Waals surface area contributed by atoms with Gasteiger partial charge in [-0.2, -0.15) is 0 Å². The van der Waals surface area contributed by atoms with E-state index in [9.17, 15) is 19.5 Å². The average Bonchev–Trinajstić information content (AvgIpc) is 3.28. The summed E-state index contributed by atoms with van der Waals surface area (Å²) < 4.78 is 10.9. The van der Waals surface area contributed by atoms with Gasteiger partial charge in [-0.25, -0.2) is 9.59 Å². The zero-order valence-electron chi connectivity index (χ0n) is 22.9. The number of carboxylic acid groups (broad SMARTS) is 1. The van der Waals surface area contributed by atoms with E-state index in [0.717, 1.165) is 27.8 Å². The van der Waals surface area contributed by atoms with Crippen molar-refractivity contribution in [1.82, 2.24) is 15.5 Å². The molecule has 4 rings (SSSR count). The Morgan fingerprint density at radius 2 is 1.48 bits per heavy atom. The average molecular weight is 546 g/mol. The number of nitrogens with one attached hydrogen (secondary N) is 2. The van der Waals surface area contributed by atoms with Crippen LogP contribution in [0.2, 0.25) is 0 Å². The van der Waals surface area contributed by atoms with E-state index in [1.165, 1.54) is 7.11 Å². The van der Waals surface area contributed by atoms with Crippen LogP contribution in [0.1, 0.15) is 29.5 Å². The van der Waals surface area contributed by atoms with Crippen molar-refractivity contribution in [2.75, 3.05) is 27.3 Å². The molecule has 40 heavy (non-hydrogen) atoms. The smallest absolute Gasteiger partial charge is 0.407 e. The number of methoxy groups -OCH3 is 1. The molecule has 210 valence electrons. The molecule has 3 aromatic rings. The highest BCUT2D eigenvalue weighted by atomic mass is 16.5. The molecule has 1 aliphatic rings. The molecule has 0 fully saturated rings. The number of aliphatic carboxylic acids is 1. The van der Waals surface area contributed by atoms with Crippen molar-refractivity contribution < 1.29 is 29.0 Å². The first-order valence-electron chi connectivity index (χ1n) is 13.2. The minimum atomic E-state index is -1.20. The number of hydrogen-bond donors (Lipinski definition) is 3. The summed E-state index contributed by atoms with van der Waals surface area (Å²) >= 11 is 0. The number of alkyl carbamates (subject to hydrolysis) is 1. The van der Waals surface area contributed by atoms with Gasteiger partial charge in [-0.1, -0.05) is 78.9 Å². The highest BCUT2D eigenvalue weighted by Crippen LogP contribution is 2.44. The molecule has 3 atom stereocenters. The molecule has 3 N–H and O–H groups in total. The molecule has 0 bridgehead atoms. The van der Waals surface area contributed by atoms with Gasteiger partial charge in [0.15, 0.2) is 0 Å². The summed E-state index contributed by atoms with van der Waals surface area (Å²) in [6, 6.07) is 23.2. The van der Waals surface area contributed by atoms with E-state index in [4.69, 9.17) is 9.47 Å². The van der Waals surface area contributed by atoms with E-state index in [1.807, 2.05) is 83.8 Å². The molecule has 9 heteroatoms. The lowest BCUT2D eigenvalue weighted by Gasteiger charge is -2.27. The molecule has 1 aliphatic carbocycles. The van der Waals surface area contributed by atoms with Gasteiger partial charge in [0.2, 0.25) is 5.91 Å². The van der Waals surface area contributed by atoms with Crippen molar-refractivity contribution in [2.24, 2.45) is 0 Å². The molecule has 0 saturated carbocycles. The van der Waals surface area contributed by atoms with Gasteiger partial charge in [-0.15, -0.1) is 0 Å². The van der Waals surface area contributed by atoms with E-state index in [1.54, 1.807) is 14.0 Å². The summed E-state index contributed by atoms with van der Waals surface area (Å²) in [5, 5.41) is 14.9. The van der Waals surface area contributed by atoms with E-state index < -0.39 is 36.2 Å². The third-order valence-electron chi connectivity index (χ3n) is 7.14. The summed E-state index contributed by atoms with van der Waals surface area (Å²) in [6.07, 6.45) is -1.53. The first-order chi connectivity index (χ1) is 19.3. The van der Waals surface area contributed by atoms with Gasteiger partial charge in [0, 0.05) is 26.1 Å². The number of rotatable bonds is 12. The van der Waals surface area contributed by atoms with Crippen molar-refractivity contribution in [2.45, 2.75) is 37.6 Å². The van der Waals surface area contributed by atoms with Crippen LogP contribution in [0.5, 0.6) is 0 Å². The number of carbonyl (C=O) groups is 3. The fourth-order valence-electron chi connectivity index (χ4n) is 5.02. The molecule has 1 unspecified atom stereocenters. The second-order valence-electron chi connectivity index (χ2n) is 9.97. The minimum absolute atomic E-state index is 0.0645. The zero-order valence-corrected chi connectivity index (χ0v) is 22.9. The quantitative estimate of drug-likeness (QED) is 0.318. The van der Waals surface area contributed by atoms with Gasteiger partial charge in [0.1, 0.15) is 18.7 Å². The number of ether oxygens (including phenoxy) is 2. The Kier molecular flexibility index (Phi) is 9.52. The standard InChI is InChI=1S/C31H35N3O6/c1-20(39-3)28(29(35)32-27(30(36)37)18-34(2)17-21-11-5-4-6-12-21)33-31(38)40-19-26-24-15-9-7-13-22(24)23-14-8-10-16-25(23)26/h4-16,20,26-28H,17-19H2,1-3H3,(H,32,35)(H,33,38)(H,36,37)/t20-,27?,28+/m1/s1. The number of benzene rings is 3. The number of amides is 2. The molecule has 0 spiro atoms. The Labute approximate surface area is 234 Å². The van der Waals surface area contributed by atoms with E-state index in [2.05, 4.69) is 10.6 Å². The first kappa shape index (κ1) is 28.8. The van der Waals surface area contributed by atoms with Crippen LogP contribution >= 0.6 is 0 Å². The van der Waals surface area contributed by atoms with Crippen LogP contribution in [-0.4, -0.2) is 73.5 Å². The van der Waals surface area contributed by atoms with Gasteiger partial charge in [-0.3, -0.25) is 9.69 Å². The number of likely N-dealkylation sites (N-methyl/N-ethyl adjacent to an activating group) is 1. The summed E-state index contributed by atoms with van der Waals surface area (Å²) in [5.74, 6) is -2.00. The van der Waals surface area contributed by atoms with Gasteiger partial charge in [0.25, 0.3) is 0 Å². The van der Waals surface area contributed by atoms with Crippen LogP contribution in [0.15, 0.2) is 78.9 Å². The number of fused-ring (bicyclic) bond motifs is 3. The number of hydrogen-bond acceptors (Lipinski definition) is 6. The Balaban J connectivity index is 1.38. The van der Waals surface area contributed by atoms with Gasteiger partial charge < -0.3 is 25.2 Å². The molecule has 3 aromatic carbocycles. The van der Waals surface area contributed by atoms with Crippen LogP contribution in [0.25, 0.3) is 11.1 Å². The zero-order chi connectivity index (χ0) is 28.6. The fourth-order valence-corrected chi connectivity index (χ4v) is 5.02. The maximum atomic E-state index is 13.2. The summed E-state index contributed by atoms with van der Waals surface area (Å²) in [4.78, 5) is 39.8. The third kappa shape index (κ3) is 6.86. The van der Waals surface area contributed by atoms with Crippen LogP contribution in [0, 0.1) is 0 Å². The van der Waals surface area contributed by atoms with Crippen molar-refractivity contribution in [3.8, 4) is 11.1 Å². The van der Waals surface area contributed by atoms with E-state index in [0.29, 0.717) is 6.54 Å². The topological polar surface area (TPSA) is 117 Å². The highest BCUT2D eigenvalue weighted by Gasteiger charge is 2.33. The van der Waals surface area contributed by atoms with Crippen molar-refractivity contribution in [3.05, 3.63) is 95.6 Å². The molecule has 0 saturated heterocycles. The van der Waals surface area contributed by atoms with Gasteiger partial charge in [0.05, 0.1) is 6.10 Å². The maximum absolute atomic E-state index is 13.2. The lowest BCUT2D eigenvalue weighted by molar-refractivity contribution is -0.143. The normalized spacial score (nSPS) is 14.5. The van der Waals surface area contributed by atoms with Crippen molar-refractivity contribution in [3.63, 3.8) is 0 Å². The SMILES string of the molecule is CO[C@H](C)[C@H](NC(=O)OCC1c2ccccc2-c2ccccc21)C(=O)NC(CN(C)Cc1ccccc1)C(=O)O. The van der Waals surface area contributed by atoms with Crippen LogP contribution in [0.4, 0.5) is 4.79 Å². The Morgan fingerprint density at radius 1 is 0.900 bits per heavy atom. The van der Waals surface area contributed by atoms with E-state index in [-0.39, 0.29) is 19.1 Å². The fraction of sp³-hybridized carbons (Fsp3) is 0.323. The first-order valence-corrected chi connectivity index (χ1v) is 13.2. The molecule has 0 aromatic heterocycles. The third-order valence-corrected chi connectivity index (χ3v) is 7.14. The van der Waals surface area contributed by atoms with Crippen molar-refractivity contribution >= 4 is 18.0 Å². The lowest BCUT2D eigenvalue weighted by Crippen LogP contribution is -2.58. The summed E-state index contributed by atoms with van der Waals surface area (Å²) in [7, 11) is 3.19.